The van der Waals surface area contributed by atoms with Gasteiger partial charge in [0.15, 0.2) is 0 Å². The first-order chi connectivity index (χ1) is 10.5. The van der Waals surface area contributed by atoms with Gasteiger partial charge in [-0.1, -0.05) is 17.7 Å². The van der Waals surface area contributed by atoms with Gasteiger partial charge < -0.3 is 5.32 Å². The predicted molar refractivity (Wildman–Crippen MR) is 83.6 cm³/mol. The van der Waals surface area contributed by atoms with Crippen molar-refractivity contribution >= 4 is 29.0 Å². The summed E-state index contributed by atoms with van der Waals surface area (Å²) >= 11 is 1.35. The summed E-state index contributed by atoms with van der Waals surface area (Å²) in [5, 5.41) is 13.2. The summed E-state index contributed by atoms with van der Waals surface area (Å²) in [4.78, 5) is 22.6. The summed E-state index contributed by atoms with van der Waals surface area (Å²) in [5.41, 5.74) is 0.666. The molecule has 0 aliphatic rings. The third-order valence-electron chi connectivity index (χ3n) is 2.82. The van der Waals surface area contributed by atoms with Crippen molar-refractivity contribution in [3.05, 3.63) is 64.0 Å². The molecule has 2 aromatic carbocycles. The van der Waals surface area contributed by atoms with E-state index in [4.69, 9.17) is 0 Å². The van der Waals surface area contributed by atoms with E-state index in [9.17, 15) is 19.3 Å². The maximum absolute atomic E-state index is 13.2. The second kappa shape index (κ2) is 7.04. The van der Waals surface area contributed by atoms with E-state index < -0.39 is 16.4 Å². The van der Waals surface area contributed by atoms with Gasteiger partial charge in [-0.15, -0.1) is 11.8 Å². The van der Waals surface area contributed by atoms with Crippen molar-refractivity contribution in [2.24, 2.45) is 0 Å². The maximum Gasteiger partial charge on any atom is 0.306 e. The Hall–Kier alpha value is -2.41. The summed E-state index contributed by atoms with van der Waals surface area (Å²) in [6.07, 6.45) is 0. The lowest BCUT2D eigenvalue weighted by Crippen LogP contribution is -2.14. The number of nitro benzene ring substituents is 1. The highest BCUT2D eigenvalue weighted by Crippen LogP contribution is 2.22. The van der Waals surface area contributed by atoms with Gasteiger partial charge in [0.1, 0.15) is 0 Å². The second-order valence-corrected chi connectivity index (χ2v) is 5.62. The molecule has 0 atom stereocenters. The molecule has 0 bridgehead atoms. The summed E-state index contributed by atoms with van der Waals surface area (Å²) in [6.45, 7) is 1.97. The summed E-state index contributed by atoms with van der Waals surface area (Å²) in [7, 11) is 0. The van der Waals surface area contributed by atoms with E-state index in [1.165, 1.54) is 17.8 Å². The molecule has 2 rings (SSSR count). The molecule has 114 valence electrons. The Morgan fingerprint density at radius 1 is 1.27 bits per heavy atom. The van der Waals surface area contributed by atoms with Gasteiger partial charge in [-0.2, -0.15) is 4.39 Å². The van der Waals surface area contributed by atoms with Gasteiger partial charge in [0, 0.05) is 16.6 Å². The molecule has 5 nitrogen and oxygen atoms in total. The smallest absolute Gasteiger partial charge is 0.306 e. The Morgan fingerprint density at radius 3 is 2.59 bits per heavy atom. The highest BCUT2D eigenvalue weighted by molar-refractivity contribution is 8.00. The number of carbonyl (C=O) groups excluding carboxylic acids is 1. The van der Waals surface area contributed by atoms with Gasteiger partial charge in [0.25, 0.3) is 0 Å². The molecule has 2 aromatic rings. The highest BCUT2D eigenvalue weighted by atomic mass is 32.2. The topological polar surface area (TPSA) is 72.2 Å². The lowest BCUT2D eigenvalue weighted by Gasteiger charge is -2.05. The molecule has 0 saturated carbocycles. The maximum atomic E-state index is 13.2. The number of benzene rings is 2. The number of aryl methyl sites for hydroxylation is 1. The van der Waals surface area contributed by atoms with Crippen molar-refractivity contribution in [2.45, 2.75) is 11.8 Å². The number of hydrogen-bond acceptors (Lipinski definition) is 4. The first-order valence-corrected chi connectivity index (χ1v) is 7.37. The number of anilines is 1. The molecule has 0 aliphatic heterocycles. The predicted octanol–water partition coefficient (Wildman–Crippen LogP) is 3.77. The van der Waals surface area contributed by atoms with E-state index in [0.717, 1.165) is 22.6 Å². The van der Waals surface area contributed by atoms with Gasteiger partial charge >= 0.3 is 5.69 Å². The molecular formula is C15H13FN2O3S. The van der Waals surface area contributed by atoms with Crippen LogP contribution in [-0.4, -0.2) is 16.6 Å². The van der Waals surface area contributed by atoms with Crippen LogP contribution < -0.4 is 5.32 Å². The van der Waals surface area contributed by atoms with E-state index in [0.29, 0.717) is 0 Å². The zero-order valence-electron chi connectivity index (χ0n) is 11.7. The molecule has 22 heavy (non-hydrogen) atoms. The summed E-state index contributed by atoms with van der Waals surface area (Å²) in [6, 6.07) is 11.0. The van der Waals surface area contributed by atoms with Crippen molar-refractivity contribution in [3.8, 4) is 0 Å². The molecule has 0 aromatic heterocycles. The van der Waals surface area contributed by atoms with Crippen molar-refractivity contribution in [3.63, 3.8) is 0 Å². The van der Waals surface area contributed by atoms with E-state index in [2.05, 4.69) is 5.32 Å². The lowest BCUT2D eigenvalue weighted by atomic mass is 10.2. The summed E-state index contributed by atoms with van der Waals surface area (Å²) < 4.78 is 13.2. The van der Waals surface area contributed by atoms with Crippen LogP contribution in [-0.2, 0) is 4.79 Å². The average Bonchev–Trinajstić information content (AvgIpc) is 2.48. The molecule has 0 radical (unpaired) electrons. The van der Waals surface area contributed by atoms with Crippen molar-refractivity contribution in [1.29, 1.82) is 0 Å². The van der Waals surface area contributed by atoms with Crippen LogP contribution in [0.2, 0.25) is 0 Å². The Morgan fingerprint density at radius 2 is 1.95 bits per heavy atom. The minimum absolute atomic E-state index is 0.161. The quantitative estimate of drug-likeness (QED) is 0.517. The Labute approximate surface area is 130 Å². The number of thioether (sulfide) groups is 1. The van der Waals surface area contributed by atoms with E-state index >= 15 is 0 Å². The Bertz CT molecular complexity index is 704. The zero-order chi connectivity index (χ0) is 16.1. The molecule has 0 saturated heterocycles. The van der Waals surface area contributed by atoms with E-state index in [1.54, 1.807) is 0 Å². The number of amides is 1. The highest BCUT2D eigenvalue weighted by Gasteiger charge is 2.15. The number of nitrogens with zero attached hydrogens (tertiary/aromatic N) is 1. The largest absolute Gasteiger partial charge is 0.325 e. The Kier molecular flexibility index (Phi) is 5.11. The molecule has 0 heterocycles. The van der Waals surface area contributed by atoms with Crippen LogP contribution in [0.5, 0.6) is 0 Å². The number of nitrogens with one attached hydrogen (secondary N) is 1. The first-order valence-electron chi connectivity index (χ1n) is 6.39. The van der Waals surface area contributed by atoms with Crippen molar-refractivity contribution in [1.82, 2.24) is 0 Å². The van der Waals surface area contributed by atoms with Gasteiger partial charge in [-0.3, -0.25) is 14.9 Å². The third-order valence-corrected chi connectivity index (χ3v) is 3.83. The van der Waals surface area contributed by atoms with Crippen LogP contribution in [0, 0.1) is 22.9 Å². The van der Waals surface area contributed by atoms with Crippen molar-refractivity contribution < 1.29 is 14.1 Å². The SMILES string of the molecule is Cc1ccc(SCC(=O)Nc2ccc(F)c([N+](=O)[O-])c2)cc1. The van der Waals surface area contributed by atoms with Gasteiger partial charge in [-0.25, -0.2) is 0 Å². The Balaban J connectivity index is 1.96. The molecule has 1 N–H and O–H groups in total. The average molecular weight is 320 g/mol. The van der Waals surface area contributed by atoms with Crippen molar-refractivity contribution in [2.75, 3.05) is 11.1 Å². The fourth-order valence-corrected chi connectivity index (χ4v) is 2.41. The number of halogens is 1. The number of carbonyl (C=O) groups is 1. The van der Waals surface area contributed by atoms with E-state index in [1.807, 2.05) is 31.2 Å². The molecule has 0 spiro atoms. The number of nitro groups is 1. The monoisotopic (exact) mass is 320 g/mol. The van der Waals surface area contributed by atoms with Gasteiger partial charge in [0.05, 0.1) is 10.7 Å². The molecule has 7 heteroatoms. The molecule has 0 aliphatic carbocycles. The normalized spacial score (nSPS) is 10.3. The molecular weight excluding hydrogens is 307 g/mol. The van der Waals surface area contributed by atoms with Crippen LogP contribution in [0.4, 0.5) is 15.8 Å². The van der Waals surface area contributed by atoms with Gasteiger partial charge in [-0.05, 0) is 31.2 Å². The van der Waals surface area contributed by atoms with Crippen LogP contribution >= 0.6 is 11.8 Å². The standard InChI is InChI=1S/C15H13FN2O3S/c1-10-2-5-12(6-3-10)22-9-15(19)17-11-4-7-13(16)14(8-11)18(20)21/h2-8H,9H2,1H3,(H,17,19). The number of hydrogen-bond donors (Lipinski definition) is 1. The minimum atomic E-state index is -0.933. The minimum Gasteiger partial charge on any atom is -0.325 e. The van der Waals surface area contributed by atoms with Crippen LogP contribution in [0.15, 0.2) is 47.4 Å². The zero-order valence-corrected chi connectivity index (χ0v) is 12.5. The number of rotatable bonds is 5. The van der Waals surface area contributed by atoms with E-state index in [-0.39, 0.29) is 17.3 Å². The molecule has 0 unspecified atom stereocenters. The summed E-state index contributed by atoms with van der Waals surface area (Å²) in [5.74, 6) is -1.09. The third kappa shape index (κ3) is 4.29. The first kappa shape index (κ1) is 16.0. The molecule has 0 fully saturated rings. The fraction of sp³-hybridized carbons (Fsp3) is 0.133. The fourth-order valence-electron chi connectivity index (χ4n) is 1.71. The van der Waals surface area contributed by atoms with Crippen LogP contribution in [0.25, 0.3) is 0 Å². The van der Waals surface area contributed by atoms with Crippen LogP contribution in [0.3, 0.4) is 0 Å². The lowest BCUT2D eigenvalue weighted by molar-refractivity contribution is -0.387. The van der Waals surface area contributed by atoms with Gasteiger partial charge in [0.2, 0.25) is 11.7 Å². The molecule has 1 amide bonds. The van der Waals surface area contributed by atoms with Crippen LogP contribution in [0.1, 0.15) is 5.56 Å². The second-order valence-electron chi connectivity index (χ2n) is 4.57.